The highest BCUT2D eigenvalue weighted by Gasteiger charge is 2.17. The molecule has 0 spiro atoms. The Hall–Kier alpha value is -2.53. The Balaban J connectivity index is 1.91. The van der Waals surface area contributed by atoms with Gasteiger partial charge in [0, 0.05) is 5.56 Å². The largest absolute Gasteiger partial charge is 0.419 e. The lowest BCUT2D eigenvalue weighted by Crippen LogP contribution is -2.11. The van der Waals surface area contributed by atoms with Gasteiger partial charge in [-0.2, -0.15) is 0 Å². The van der Waals surface area contributed by atoms with Crippen LogP contribution < -0.4 is 5.73 Å². The van der Waals surface area contributed by atoms with Gasteiger partial charge in [-0.3, -0.25) is 0 Å². The molecule has 0 radical (unpaired) electrons. The summed E-state index contributed by atoms with van der Waals surface area (Å²) >= 11 is 0. The van der Waals surface area contributed by atoms with Gasteiger partial charge < -0.3 is 10.2 Å². The molecule has 2 aromatic carbocycles. The fourth-order valence-corrected chi connectivity index (χ4v) is 2.01. The van der Waals surface area contributed by atoms with E-state index in [4.69, 9.17) is 10.2 Å². The molecule has 106 valence electrons. The predicted molar refractivity (Wildman–Crippen MR) is 76.9 cm³/mol. The van der Waals surface area contributed by atoms with Crippen LogP contribution in [0.1, 0.15) is 23.1 Å². The van der Waals surface area contributed by atoms with Gasteiger partial charge in [-0.25, -0.2) is 4.39 Å². The van der Waals surface area contributed by atoms with E-state index in [0.717, 1.165) is 5.56 Å². The van der Waals surface area contributed by atoms with Crippen LogP contribution in [0.4, 0.5) is 4.39 Å². The van der Waals surface area contributed by atoms with Crippen LogP contribution in [-0.4, -0.2) is 10.2 Å². The molecule has 1 aromatic heterocycles. The Morgan fingerprint density at radius 1 is 1.10 bits per heavy atom. The Labute approximate surface area is 121 Å². The quantitative estimate of drug-likeness (QED) is 0.801. The van der Waals surface area contributed by atoms with Crippen molar-refractivity contribution < 1.29 is 8.81 Å². The van der Waals surface area contributed by atoms with E-state index in [1.165, 1.54) is 6.07 Å². The third-order valence-electron chi connectivity index (χ3n) is 3.28. The summed E-state index contributed by atoms with van der Waals surface area (Å²) in [7, 11) is 0. The maximum atomic E-state index is 13.6. The number of hydrogen-bond acceptors (Lipinski definition) is 4. The number of rotatable bonds is 3. The summed E-state index contributed by atoms with van der Waals surface area (Å²) in [5.41, 5.74) is 8.08. The molecule has 1 heterocycles. The minimum Gasteiger partial charge on any atom is -0.419 e. The van der Waals surface area contributed by atoms with Crippen LogP contribution in [0.3, 0.4) is 0 Å². The molecule has 0 aliphatic carbocycles. The van der Waals surface area contributed by atoms with Gasteiger partial charge in [0.1, 0.15) is 11.9 Å². The molecule has 0 aliphatic rings. The van der Waals surface area contributed by atoms with Gasteiger partial charge in [0.2, 0.25) is 11.8 Å². The van der Waals surface area contributed by atoms with E-state index in [9.17, 15) is 4.39 Å². The average Bonchev–Trinajstić information content (AvgIpc) is 3.00. The number of aryl methyl sites for hydroxylation is 1. The summed E-state index contributed by atoms with van der Waals surface area (Å²) in [5.74, 6) is 0.257. The Kier molecular flexibility index (Phi) is 3.50. The van der Waals surface area contributed by atoms with E-state index >= 15 is 0 Å². The highest BCUT2D eigenvalue weighted by atomic mass is 19.1. The molecule has 1 unspecified atom stereocenters. The molecule has 0 fully saturated rings. The summed E-state index contributed by atoms with van der Waals surface area (Å²) in [6.45, 7) is 1.70. The van der Waals surface area contributed by atoms with E-state index in [-0.39, 0.29) is 11.7 Å². The van der Waals surface area contributed by atoms with Crippen LogP contribution in [0, 0.1) is 12.7 Å². The van der Waals surface area contributed by atoms with Crippen molar-refractivity contribution in [3.8, 4) is 11.5 Å². The monoisotopic (exact) mass is 283 g/mol. The topological polar surface area (TPSA) is 64.9 Å². The van der Waals surface area contributed by atoms with Gasteiger partial charge >= 0.3 is 0 Å². The van der Waals surface area contributed by atoms with Crippen LogP contribution in [-0.2, 0) is 0 Å². The van der Waals surface area contributed by atoms with Gasteiger partial charge in [0.25, 0.3) is 0 Å². The smallest absolute Gasteiger partial charge is 0.247 e. The number of nitrogens with two attached hydrogens (primary N) is 1. The van der Waals surface area contributed by atoms with Crippen LogP contribution in [0.25, 0.3) is 11.5 Å². The number of benzene rings is 2. The van der Waals surface area contributed by atoms with Crippen molar-refractivity contribution in [3.05, 3.63) is 71.4 Å². The number of aromatic nitrogens is 2. The second kappa shape index (κ2) is 5.46. The molecule has 3 aromatic rings. The average molecular weight is 283 g/mol. The zero-order chi connectivity index (χ0) is 14.8. The molecule has 2 N–H and O–H groups in total. The fraction of sp³-hybridized carbons (Fsp3) is 0.125. The predicted octanol–water partition coefficient (Wildman–Crippen LogP) is 3.23. The van der Waals surface area contributed by atoms with E-state index in [0.29, 0.717) is 17.0 Å². The summed E-state index contributed by atoms with van der Waals surface area (Å²) in [6, 6.07) is 13.8. The van der Waals surface area contributed by atoms with Gasteiger partial charge in [-0.05, 0) is 30.2 Å². The Morgan fingerprint density at radius 2 is 1.86 bits per heavy atom. The van der Waals surface area contributed by atoms with Gasteiger partial charge in [-0.1, -0.05) is 36.4 Å². The summed E-state index contributed by atoms with van der Waals surface area (Å²) in [5, 5.41) is 7.90. The first-order chi connectivity index (χ1) is 10.1. The highest BCUT2D eigenvalue weighted by molar-refractivity contribution is 5.53. The van der Waals surface area contributed by atoms with Crippen molar-refractivity contribution in [2.75, 3.05) is 0 Å². The Morgan fingerprint density at radius 3 is 2.57 bits per heavy atom. The molecular formula is C16H14FN3O. The van der Waals surface area contributed by atoms with Crippen molar-refractivity contribution in [1.29, 1.82) is 0 Å². The molecule has 1 atom stereocenters. The summed E-state index contributed by atoms with van der Waals surface area (Å²) in [6.07, 6.45) is 0. The van der Waals surface area contributed by atoms with E-state index in [1.54, 1.807) is 19.1 Å². The van der Waals surface area contributed by atoms with Crippen LogP contribution in [0.2, 0.25) is 0 Å². The molecule has 0 bridgehead atoms. The lowest BCUT2D eigenvalue weighted by atomic mass is 10.1. The van der Waals surface area contributed by atoms with E-state index < -0.39 is 6.04 Å². The van der Waals surface area contributed by atoms with E-state index in [2.05, 4.69) is 10.2 Å². The van der Waals surface area contributed by atoms with Crippen molar-refractivity contribution in [1.82, 2.24) is 10.2 Å². The van der Waals surface area contributed by atoms with Gasteiger partial charge in [-0.15, -0.1) is 10.2 Å². The normalized spacial score (nSPS) is 12.3. The zero-order valence-corrected chi connectivity index (χ0v) is 11.5. The molecule has 4 nitrogen and oxygen atoms in total. The maximum absolute atomic E-state index is 13.6. The number of hydrogen-bond donors (Lipinski definition) is 1. The first-order valence-corrected chi connectivity index (χ1v) is 6.55. The summed E-state index contributed by atoms with van der Waals surface area (Å²) in [4.78, 5) is 0. The lowest BCUT2D eigenvalue weighted by molar-refractivity contribution is 0.483. The minimum absolute atomic E-state index is 0.260. The molecule has 0 saturated heterocycles. The van der Waals surface area contributed by atoms with Crippen molar-refractivity contribution >= 4 is 0 Å². The molecule has 0 saturated carbocycles. The molecule has 0 aliphatic heterocycles. The maximum Gasteiger partial charge on any atom is 0.247 e. The van der Waals surface area contributed by atoms with Crippen molar-refractivity contribution in [2.45, 2.75) is 13.0 Å². The highest BCUT2D eigenvalue weighted by Crippen LogP contribution is 2.24. The van der Waals surface area contributed by atoms with Crippen molar-refractivity contribution in [3.63, 3.8) is 0 Å². The number of halogens is 1. The fourth-order valence-electron chi connectivity index (χ4n) is 2.01. The standard InChI is InChI=1S/C16H14FN3O/c1-10-7-8-12(9-13(10)17)15-19-20-16(21-15)14(18)11-5-3-2-4-6-11/h2-9,14H,18H2,1H3. The summed E-state index contributed by atoms with van der Waals surface area (Å²) < 4.78 is 19.1. The second-order valence-electron chi connectivity index (χ2n) is 4.80. The van der Waals surface area contributed by atoms with Gasteiger partial charge in [0.15, 0.2) is 0 Å². The van der Waals surface area contributed by atoms with Crippen LogP contribution in [0.15, 0.2) is 52.9 Å². The molecule has 3 rings (SSSR count). The third kappa shape index (κ3) is 2.68. The molecule has 5 heteroatoms. The molecule has 21 heavy (non-hydrogen) atoms. The van der Waals surface area contributed by atoms with Crippen LogP contribution in [0.5, 0.6) is 0 Å². The SMILES string of the molecule is Cc1ccc(-c2nnc(C(N)c3ccccc3)o2)cc1F. The first-order valence-electron chi connectivity index (χ1n) is 6.55. The third-order valence-corrected chi connectivity index (χ3v) is 3.28. The van der Waals surface area contributed by atoms with E-state index in [1.807, 2.05) is 30.3 Å². The van der Waals surface area contributed by atoms with Crippen molar-refractivity contribution in [2.24, 2.45) is 5.73 Å². The molecule has 0 amide bonds. The Bertz CT molecular complexity index is 755. The van der Waals surface area contributed by atoms with Gasteiger partial charge in [0.05, 0.1) is 0 Å². The minimum atomic E-state index is -0.497. The molecular weight excluding hydrogens is 269 g/mol. The van der Waals surface area contributed by atoms with Crippen LogP contribution >= 0.6 is 0 Å². The lowest BCUT2D eigenvalue weighted by Gasteiger charge is -2.06. The zero-order valence-electron chi connectivity index (χ0n) is 11.5. The second-order valence-corrected chi connectivity index (χ2v) is 4.80. The number of nitrogens with zero attached hydrogens (tertiary/aromatic N) is 2. The first kappa shape index (κ1) is 13.5.